The third-order valence-corrected chi connectivity index (χ3v) is 12.1. The number of carbonyl (C=O) groups excluding carboxylic acids is 7. The Kier molecular flexibility index (Phi) is 20.6. The molecule has 4 aromatic rings. The van der Waals surface area contributed by atoms with Crippen LogP contribution in [0.3, 0.4) is 0 Å². The maximum absolute atomic E-state index is 15.1. The van der Waals surface area contributed by atoms with Crippen molar-refractivity contribution in [2.75, 3.05) is 6.54 Å². The van der Waals surface area contributed by atoms with E-state index in [0.29, 0.717) is 49.8 Å². The summed E-state index contributed by atoms with van der Waals surface area (Å²) in [6.07, 6.45) is 3.51. The number of nitrogens with one attached hydrogen (secondary N) is 7. The van der Waals surface area contributed by atoms with Crippen molar-refractivity contribution in [2.24, 2.45) is 16.9 Å². The third kappa shape index (κ3) is 15.6. The Morgan fingerprint density at radius 2 is 1.21 bits per heavy atom. The first-order chi connectivity index (χ1) is 34.5. The van der Waals surface area contributed by atoms with Crippen LogP contribution in [0.5, 0.6) is 0 Å². The Morgan fingerprint density at radius 1 is 0.667 bits per heavy atom. The molecule has 0 unspecified atom stereocenters. The average molecular weight is 993 g/mol. The van der Waals surface area contributed by atoms with Gasteiger partial charge in [-0.15, -0.1) is 0 Å². The van der Waals surface area contributed by atoms with Gasteiger partial charge in [0, 0.05) is 0 Å². The Bertz CT molecular complexity index is 2540. The first kappa shape index (κ1) is 55.1. The van der Waals surface area contributed by atoms with E-state index in [0.717, 1.165) is 17.5 Å². The zero-order valence-electron chi connectivity index (χ0n) is 40.6. The first-order valence-corrected chi connectivity index (χ1v) is 24.0. The van der Waals surface area contributed by atoms with Crippen molar-refractivity contribution >= 4 is 53.0 Å². The van der Waals surface area contributed by atoms with Crippen LogP contribution >= 0.6 is 0 Å². The predicted molar refractivity (Wildman–Crippen MR) is 264 cm³/mol. The molecule has 72 heavy (non-hydrogen) atoms. The van der Waals surface area contributed by atoms with Crippen LogP contribution in [-0.4, -0.2) is 82.8 Å². The number of Topliss-reactive ketones (excluding diaryl/α,β-unsaturated/α-hetero) is 1. The molecule has 1 aliphatic carbocycles. The molecule has 17 nitrogen and oxygen atoms in total. The molecule has 0 bridgehead atoms. The summed E-state index contributed by atoms with van der Waals surface area (Å²) in [6.45, 7) is 6.00. The van der Waals surface area contributed by atoms with E-state index in [1.807, 2.05) is 60.7 Å². The fraction of sp³-hybridized carbons (Fsp3) is 0.377. The fourth-order valence-corrected chi connectivity index (χ4v) is 8.60. The van der Waals surface area contributed by atoms with Gasteiger partial charge in [0.2, 0.25) is 17.7 Å². The van der Waals surface area contributed by atoms with Gasteiger partial charge in [0.15, 0.2) is 5.78 Å². The highest BCUT2D eigenvalue weighted by Gasteiger charge is 2.37. The molecule has 0 spiro atoms. The maximum atomic E-state index is 15.1. The molecule has 1 saturated carbocycles. The van der Waals surface area contributed by atoms with Crippen LogP contribution < -0.4 is 37.3 Å². The Balaban J connectivity index is 1.44. The SMILES string of the molecule is CCC[C@H](NC(=O)[C@H](CC(C)C)NC(=O)[C@@H](NC(=O)c1c(F)ccc(F)c1C(=O)O)C1CCCCC1)C(=NNC(=O)NC(c1ccccc1)c1ccccc1)C(=O)NCC(=O)N[C@H](C(C)=O)c1ccccc1. The molecule has 0 aliphatic heterocycles. The van der Waals surface area contributed by atoms with E-state index in [1.165, 1.54) is 6.92 Å². The number of aromatic carboxylic acids is 1. The molecule has 4 atom stereocenters. The van der Waals surface area contributed by atoms with Crippen LogP contribution in [0.25, 0.3) is 0 Å². The maximum Gasteiger partial charge on any atom is 0.339 e. The summed E-state index contributed by atoms with van der Waals surface area (Å²) in [5.74, 6) is -10.4. The van der Waals surface area contributed by atoms with Gasteiger partial charge >= 0.3 is 12.0 Å². The van der Waals surface area contributed by atoms with Gasteiger partial charge in [0.1, 0.15) is 41.0 Å². The molecular weight excluding hydrogens is 931 g/mol. The van der Waals surface area contributed by atoms with Gasteiger partial charge in [-0.25, -0.2) is 23.8 Å². The number of hydrogen-bond acceptors (Lipinski definition) is 9. The molecule has 1 fully saturated rings. The lowest BCUT2D eigenvalue weighted by Crippen LogP contribution is -2.59. The van der Waals surface area contributed by atoms with E-state index in [2.05, 4.69) is 42.4 Å². The molecule has 19 heteroatoms. The lowest BCUT2D eigenvalue weighted by Gasteiger charge is -2.32. The molecule has 1 aliphatic rings. The van der Waals surface area contributed by atoms with Crippen molar-refractivity contribution in [1.82, 2.24) is 37.3 Å². The van der Waals surface area contributed by atoms with E-state index in [9.17, 15) is 47.9 Å². The zero-order valence-corrected chi connectivity index (χ0v) is 40.6. The lowest BCUT2D eigenvalue weighted by atomic mass is 9.83. The van der Waals surface area contributed by atoms with Crippen molar-refractivity contribution in [3.8, 4) is 0 Å². The number of carbonyl (C=O) groups is 8. The van der Waals surface area contributed by atoms with Gasteiger partial charge in [-0.2, -0.15) is 5.10 Å². The number of ketones is 1. The molecule has 382 valence electrons. The second-order valence-corrected chi connectivity index (χ2v) is 18.0. The van der Waals surface area contributed by atoms with Gasteiger partial charge in [-0.05, 0) is 73.3 Å². The Morgan fingerprint density at radius 3 is 1.74 bits per heavy atom. The number of carboxylic acids is 1. The summed E-state index contributed by atoms with van der Waals surface area (Å²) >= 11 is 0. The number of hydrogen-bond donors (Lipinski definition) is 8. The number of carboxylic acid groups (broad SMARTS) is 1. The summed E-state index contributed by atoms with van der Waals surface area (Å²) in [5.41, 5.74) is 1.64. The van der Waals surface area contributed by atoms with E-state index < -0.39 is 113 Å². The average Bonchev–Trinajstić information content (AvgIpc) is 3.36. The minimum Gasteiger partial charge on any atom is -0.478 e. The van der Waals surface area contributed by atoms with E-state index >= 15 is 4.39 Å². The van der Waals surface area contributed by atoms with Crippen LogP contribution in [0.1, 0.15) is 129 Å². The molecule has 4 aromatic carbocycles. The van der Waals surface area contributed by atoms with Gasteiger partial charge < -0.3 is 37.0 Å². The third-order valence-electron chi connectivity index (χ3n) is 12.1. The number of benzene rings is 4. The van der Waals surface area contributed by atoms with Crippen LogP contribution in [0.15, 0.2) is 108 Å². The second-order valence-electron chi connectivity index (χ2n) is 18.0. The van der Waals surface area contributed by atoms with E-state index in [-0.39, 0.29) is 24.5 Å². The van der Waals surface area contributed by atoms with Crippen molar-refractivity contribution < 1.29 is 52.2 Å². The smallest absolute Gasteiger partial charge is 0.339 e. The minimum absolute atomic E-state index is 0.0298. The quantitative estimate of drug-likeness (QED) is 0.0312. The number of amides is 7. The highest BCUT2D eigenvalue weighted by molar-refractivity contribution is 6.41. The van der Waals surface area contributed by atoms with Crippen molar-refractivity contribution in [3.63, 3.8) is 0 Å². The summed E-state index contributed by atoms with van der Waals surface area (Å²) in [6, 6.07) is 21.3. The minimum atomic E-state index is -1.89. The topological polar surface area (TPSA) is 253 Å². The van der Waals surface area contributed by atoms with Crippen LogP contribution in [0, 0.1) is 23.5 Å². The molecule has 5 rings (SSSR count). The Hall–Kier alpha value is -7.83. The van der Waals surface area contributed by atoms with Crippen LogP contribution in [0.2, 0.25) is 0 Å². The number of rotatable bonds is 23. The molecule has 8 N–H and O–H groups in total. The zero-order chi connectivity index (χ0) is 52.3. The summed E-state index contributed by atoms with van der Waals surface area (Å²) in [7, 11) is 0. The molecule has 0 aromatic heterocycles. The van der Waals surface area contributed by atoms with Crippen LogP contribution in [-0.2, 0) is 24.0 Å². The highest BCUT2D eigenvalue weighted by atomic mass is 19.1. The largest absolute Gasteiger partial charge is 0.478 e. The number of urea groups is 1. The van der Waals surface area contributed by atoms with Gasteiger partial charge in [-0.3, -0.25) is 28.8 Å². The van der Waals surface area contributed by atoms with Crippen molar-refractivity contribution in [2.45, 2.75) is 109 Å². The molecule has 0 radical (unpaired) electrons. The van der Waals surface area contributed by atoms with Gasteiger partial charge in [-0.1, -0.05) is 137 Å². The number of hydrazone groups is 1. The first-order valence-electron chi connectivity index (χ1n) is 24.0. The number of nitrogens with zero attached hydrogens (tertiary/aromatic N) is 1. The number of halogens is 2. The molecule has 0 heterocycles. The van der Waals surface area contributed by atoms with Crippen molar-refractivity contribution in [1.29, 1.82) is 0 Å². The standard InChI is InChI=1S/C53H62F2N8O9/c1-5-18-39(57-48(66)40(29-31(2)3)58-51(69)46(36-25-16-9-17-26-36)60-49(67)42-37(54)27-28-38(55)43(42)52(70)71)47(50(68)56-30-41(65)59-44(32(4)64)33-19-10-6-11-20-33)62-63-53(72)61-45(34-21-12-7-13-22-34)35-23-14-8-15-24-35/h6-8,10-15,19-24,27-28,31,36,39-40,44-46H,5,9,16-18,25-26,29-30H2,1-4H3,(H,56,68)(H,57,66)(H,58,69)(H,59,65)(H,60,67)(H,70,71)(H2,61,63,72)/t39-,40-,44+,46-/m0/s1. The fourth-order valence-electron chi connectivity index (χ4n) is 8.60. The normalized spacial score (nSPS) is 14.5. The van der Waals surface area contributed by atoms with E-state index in [4.69, 9.17) is 0 Å². The lowest BCUT2D eigenvalue weighted by molar-refractivity contribution is -0.131. The monoisotopic (exact) mass is 992 g/mol. The Labute approximate surface area is 416 Å². The summed E-state index contributed by atoms with van der Waals surface area (Å²) in [4.78, 5) is 108. The predicted octanol–water partition coefficient (Wildman–Crippen LogP) is 6.17. The molecule has 7 amide bonds. The molecular formula is C53H62F2N8O9. The van der Waals surface area contributed by atoms with E-state index in [1.54, 1.807) is 51.1 Å². The van der Waals surface area contributed by atoms with Gasteiger partial charge in [0.05, 0.1) is 24.2 Å². The highest BCUT2D eigenvalue weighted by Crippen LogP contribution is 2.28. The molecule has 0 saturated heterocycles. The summed E-state index contributed by atoms with van der Waals surface area (Å²) in [5, 5.41) is 29.8. The second kappa shape index (κ2) is 27.0. The summed E-state index contributed by atoms with van der Waals surface area (Å²) < 4.78 is 29.8. The van der Waals surface area contributed by atoms with Crippen molar-refractivity contribution in [3.05, 3.63) is 143 Å². The van der Waals surface area contributed by atoms with Crippen LogP contribution in [0.4, 0.5) is 13.6 Å². The van der Waals surface area contributed by atoms with Gasteiger partial charge in [0.25, 0.3) is 11.8 Å².